The van der Waals surface area contributed by atoms with Crippen LogP contribution in [0.1, 0.15) is 5.56 Å². The second kappa shape index (κ2) is 4.79. The Morgan fingerprint density at radius 2 is 2.26 bits per heavy atom. The number of benzene rings is 1. The van der Waals surface area contributed by atoms with E-state index in [0.29, 0.717) is 12.1 Å². The monoisotopic (exact) mass is 276 g/mol. The molecule has 2 fully saturated rings. The third-order valence-corrected chi connectivity index (χ3v) is 4.46. The molecule has 19 heavy (non-hydrogen) atoms. The van der Waals surface area contributed by atoms with E-state index in [2.05, 4.69) is 37.2 Å². The molecule has 1 N–H and O–H groups in total. The van der Waals surface area contributed by atoms with E-state index in [4.69, 9.17) is 4.74 Å². The van der Waals surface area contributed by atoms with Gasteiger partial charge < -0.3 is 10.1 Å². The Morgan fingerprint density at radius 3 is 3.21 bits per heavy atom. The third-order valence-electron chi connectivity index (χ3n) is 3.91. The Balaban J connectivity index is 1.49. The van der Waals surface area contributed by atoms with Gasteiger partial charge in [0.05, 0.1) is 24.4 Å². The molecule has 0 amide bonds. The van der Waals surface area contributed by atoms with Crippen LogP contribution in [0.4, 0.5) is 0 Å². The van der Waals surface area contributed by atoms with Gasteiger partial charge in [-0.15, -0.1) is 0 Å². The van der Waals surface area contributed by atoms with Crippen LogP contribution in [0.5, 0.6) is 0 Å². The maximum absolute atomic E-state index is 5.80. The molecule has 0 bridgehead atoms. The van der Waals surface area contributed by atoms with Crippen molar-refractivity contribution in [2.45, 2.75) is 18.7 Å². The summed E-state index contributed by atoms with van der Waals surface area (Å²) >= 11 is 1.28. The van der Waals surface area contributed by atoms with Gasteiger partial charge in [0.2, 0.25) is 0 Å². The first kappa shape index (κ1) is 11.7. The molecule has 3 heterocycles. The van der Waals surface area contributed by atoms with Gasteiger partial charge in [0.15, 0.2) is 0 Å². The van der Waals surface area contributed by atoms with Crippen molar-refractivity contribution in [3.63, 3.8) is 0 Å². The van der Waals surface area contributed by atoms with Gasteiger partial charge in [-0.05, 0) is 17.7 Å². The minimum atomic E-state index is 0.360. The lowest BCUT2D eigenvalue weighted by atomic mass is 10.2. The molecule has 2 aliphatic heterocycles. The summed E-state index contributed by atoms with van der Waals surface area (Å²) in [4.78, 5) is 2.45. The molecule has 2 aromatic rings. The Kier molecular flexibility index (Phi) is 2.96. The number of nitrogens with zero attached hydrogens (tertiary/aromatic N) is 3. The molecule has 2 atom stereocenters. The van der Waals surface area contributed by atoms with Crippen LogP contribution < -0.4 is 5.32 Å². The zero-order chi connectivity index (χ0) is 12.7. The quantitative estimate of drug-likeness (QED) is 0.882. The molecule has 2 aliphatic rings. The average Bonchev–Trinajstić information content (AvgIpc) is 3.03. The van der Waals surface area contributed by atoms with E-state index in [1.54, 1.807) is 0 Å². The summed E-state index contributed by atoms with van der Waals surface area (Å²) in [6.07, 6.45) is 0.360. The SMILES string of the molecule is c1cc2nsnc2cc1CN1CC2NCCOC2C1. The molecule has 4 rings (SSSR count). The number of hydrogen-bond donors (Lipinski definition) is 1. The Hall–Kier alpha value is -1.08. The number of nitrogens with one attached hydrogen (secondary N) is 1. The molecule has 2 unspecified atom stereocenters. The molecular formula is C13H16N4OS. The number of likely N-dealkylation sites (tertiary alicyclic amines) is 1. The highest BCUT2D eigenvalue weighted by Crippen LogP contribution is 2.20. The first-order chi connectivity index (χ1) is 9.38. The van der Waals surface area contributed by atoms with Gasteiger partial charge >= 0.3 is 0 Å². The lowest BCUT2D eigenvalue weighted by Crippen LogP contribution is -2.47. The molecule has 1 aromatic heterocycles. The maximum Gasteiger partial charge on any atom is 0.105 e. The summed E-state index contributed by atoms with van der Waals surface area (Å²) in [7, 11) is 0. The van der Waals surface area contributed by atoms with Crippen molar-refractivity contribution in [2.24, 2.45) is 0 Å². The maximum atomic E-state index is 5.80. The van der Waals surface area contributed by atoms with Gasteiger partial charge in [-0.2, -0.15) is 8.75 Å². The first-order valence-electron chi connectivity index (χ1n) is 6.67. The fraction of sp³-hybridized carbons (Fsp3) is 0.538. The van der Waals surface area contributed by atoms with E-state index in [1.807, 2.05) is 0 Å². The van der Waals surface area contributed by atoms with Gasteiger partial charge in [-0.25, -0.2) is 0 Å². The molecular weight excluding hydrogens is 260 g/mol. The van der Waals surface area contributed by atoms with Crippen molar-refractivity contribution in [1.82, 2.24) is 19.0 Å². The number of rotatable bonds is 2. The van der Waals surface area contributed by atoms with Gasteiger partial charge in [0, 0.05) is 32.2 Å². The zero-order valence-corrected chi connectivity index (χ0v) is 11.4. The summed E-state index contributed by atoms with van der Waals surface area (Å²) in [5.74, 6) is 0. The van der Waals surface area contributed by atoms with Crippen LogP contribution in [0, 0.1) is 0 Å². The predicted molar refractivity (Wildman–Crippen MR) is 74.2 cm³/mol. The average molecular weight is 276 g/mol. The standard InChI is InChI=1S/C13H16N4OS/c1-2-10-11(16-19-15-10)5-9(1)6-17-7-12-13(8-17)18-4-3-14-12/h1-2,5,12-14H,3-4,6-8H2. The second-order valence-electron chi connectivity index (χ2n) is 5.25. The van der Waals surface area contributed by atoms with Crippen molar-refractivity contribution >= 4 is 22.8 Å². The van der Waals surface area contributed by atoms with Crippen LogP contribution in [0.2, 0.25) is 0 Å². The van der Waals surface area contributed by atoms with Crippen LogP contribution >= 0.6 is 11.7 Å². The zero-order valence-electron chi connectivity index (χ0n) is 10.6. The third kappa shape index (κ3) is 2.25. The predicted octanol–water partition coefficient (Wildman–Crippen LogP) is 0.864. The van der Waals surface area contributed by atoms with Crippen LogP contribution in [-0.4, -0.2) is 52.0 Å². The number of aromatic nitrogens is 2. The fourth-order valence-electron chi connectivity index (χ4n) is 2.98. The Bertz CT molecular complexity index is 573. The molecule has 100 valence electrons. The van der Waals surface area contributed by atoms with Gasteiger partial charge in [-0.1, -0.05) is 6.07 Å². The molecule has 5 nitrogen and oxygen atoms in total. The van der Waals surface area contributed by atoms with Crippen LogP contribution in [0.3, 0.4) is 0 Å². The second-order valence-corrected chi connectivity index (χ2v) is 5.78. The van der Waals surface area contributed by atoms with Crippen LogP contribution in [0.25, 0.3) is 11.0 Å². The highest BCUT2D eigenvalue weighted by molar-refractivity contribution is 7.00. The smallest absolute Gasteiger partial charge is 0.105 e. The topological polar surface area (TPSA) is 50.3 Å². The molecule has 0 spiro atoms. The number of hydrogen-bond acceptors (Lipinski definition) is 6. The summed E-state index contributed by atoms with van der Waals surface area (Å²) < 4.78 is 14.3. The van der Waals surface area contributed by atoms with Crippen molar-refractivity contribution in [3.8, 4) is 0 Å². The van der Waals surface area contributed by atoms with Crippen molar-refractivity contribution in [1.29, 1.82) is 0 Å². The summed E-state index contributed by atoms with van der Waals surface area (Å²) in [5, 5.41) is 3.53. The molecule has 1 aromatic carbocycles. The van der Waals surface area contributed by atoms with Gasteiger partial charge in [0.25, 0.3) is 0 Å². The van der Waals surface area contributed by atoms with E-state index in [0.717, 1.165) is 43.8 Å². The molecule has 6 heteroatoms. The van der Waals surface area contributed by atoms with Crippen molar-refractivity contribution in [3.05, 3.63) is 23.8 Å². The van der Waals surface area contributed by atoms with Crippen LogP contribution in [-0.2, 0) is 11.3 Å². The van der Waals surface area contributed by atoms with E-state index >= 15 is 0 Å². The number of morpholine rings is 1. The minimum Gasteiger partial charge on any atom is -0.374 e. The Morgan fingerprint density at radius 1 is 1.32 bits per heavy atom. The minimum absolute atomic E-state index is 0.360. The van der Waals surface area contributed by atoms with E-state index < -0.39 is 0 Å². The van der Waals surface area contributed by atoms with E-state index in [1.165, 1.54) is 17.3 Å². The van der Waals surface area contributed by atoms with Crippen LogP contribution in [0.15, 0.2) is 18.2 Å². The van der Waals surface area contributed by atoms with E-state index in [-0.39, 0.29) is 0 Å². The largest absolute Gasteiger partial charge is 0.374 e. The van der Waals surface area contributed by atoms with E-state index in [9.17, 15) is 0 Å². The highest BCUT2D eigenvalue weighted by atomic mass is 32.1. The summed E-state index contributed by atoms with van der Waals surface area (Å²) in [5.41, 5.74) is 3.31. The normalized spacial score (nSPS) is 27.8. The number of ether oxygens (including phenoxy) is 1. The number of fused-ring (bicyclic) bond motifs is 2. The summed E-state index contributed by atoms with van der Waals surface area (Å²) in [6, 6.07) is 6.86. The van der Waals surface area contributed by atoms with Gasteiger partial charge in [0.1, 0.15) is 11.0 Å². The summed E-state index contributed by atoms with van der Waals surface area (Å²) in [6.45, 7) is 4.87. The lowest BCUT2D eigenvalue weighted by molar-refractivity contribution is 0.0175. The lowest BCUT2D eigenvalue weighted by Gasteiger charge is -2.25. The van der Waals surface area contributed by atoms with Crippen molar-refractivity contribution < 1.29 is 4.74 Å². The van der Waals surface area contributed by atoms with Crippen molar-refractivity contribution in [2.75, 3.05) is 26.2 Å². The first-order valence-corrected chi connectivity index (χ1v) is 7.40. The highest BCUT2D eigenvalue weighted by Gasteiger charge is 2.35. The molecule has 2 saturated heterocycles. The molecule has 0 saturated carbocycles. The van der Waals surface area contributed by atoms with Gasteiger partial charge in [-0.3, -0.25) is 4.90 Å². The molecule has 0 aliphatic carbocycles. The Labute approximate surface area is 115 Å². The fourth-order valence-corrected chi connectivity index (χ4v) is 3.50. The molecule has 0 radical (unpaired) electrons.